The van der Waals surface area contributed by atoms with Crippen molar-refractivity contribution in [1.82, 2.24) is 5.32 Å². The van der Waals surface area contributed by atoms with Gasteiger partial charge in [0.25, 0.3) is 0 Å². The Balaban J connectivity index is -0.0000000641. The third-order valence-electron chi connectivity index (χ3n) is 2.67. The molecule has 30 heavy (non-hydrogen) atoms. The van der Waals surface area contributed by atoms with Gasteiger partial charge in [0.05, 0.1) is 0 Å². The average molecular weight is 486 g/mol. The maximum Gasteiger partial charge on any atom is 0.0369 e. The lowest BCUT2D eigenvalue weighted by Gasteiger charge is -2.09. The molecule has 0 aliphatic carbocycles. The van der Waals surface area contributed by atoms with E-state index in [0.29, 0.717) is 0 Å². The Morgan fingerprint density at radius 2 is 1.00 bits per heavy atom. The van der Waals surface area contributed by atoms with Crippen molar-refractivity contribution in [2.24, 2.45) is 0 Å². The molecule has 0 amide bonds. The van der Waals surface area contributed by atoms with Crippen LogP contribution in [0.2, 0.25) is 0 Å². The molecule has 0 aliphatic rings. The largest absolute Gasteiger partial charge is 0.385 e. The Morgan fingerprint density at radius 3 is 1.40 bits per heavy atom. The molecule has 188 valence electrons. The monoisotopic (exact) mass is 486 g/mol. The Labute approximate surface area is 164 Å². The minimum atomic E-state index is 1.07. The minimum Gasteiger partial charge on any atom is -0.385 e. The molecule has 16 heteroatoms. The van der Waals surface area contributed by atoms with Crippen LogP contribution in [-0.4, -0.2) is 19.6 Å². The fourth-order valence-electron chi connectivity index (χ4n) is 1.67. The first-order chi connectivity index (χ1) is 14.8. The van der Waals surface area contributed by atoms with Crippen LogP contribution in [0.5, 0.6) is 0 Å². The van der Waals surface area contributed by atoms with Gasteiger partial charge in [-0.1, -0.05) is 25.1 Å². The van der Waals surface area contributed by atoms with Gasteiger partial charge < -0.3 is 10.6 Å². The highest BCUT2D eigenvalue weighted by Gasteiger charge is 1.94. The third-order valence-corrected chi connectivity index (χ3v) is 2.67. The van der Waals surface area contributed by atoms with Crippen molar-refractivity contribution in [2.75, 3.05) is 25.0 Å². The number of unbranched alkanes of at least 4 members (excludes halogenated alkanes) is 1. The summed E-state index contributed by atoms with van der Waals surface area (Å²) in [6, 6.07) is 8.45. The second-order valence-electron chi connectivity index (χ2n) is 4.20. The van der Waals surface area contributed by atoms with Crippen LogP contribution in [0.3, 0.4) is 0 Å². The molecule has 0 spiro atoms. The summed E-state index contributed by atoms with van der Waals surface area (Å²) in [5, 5.41) is 6.89. The van der Waals surface area contributed by atoms with E-state index in [2.05, 4.69) is 48.7 Å². The van der Waals surface area contributed by atoms with Gasteiger partial charge in [-0.15, -0.1) is 0 Å². The van der Waals surface area contributed by atoms with E-state index in [0.717, 1.165) is 19.6 Å². The first-order valence-electron chi connectivity index (χ1n) is 7.35. The van der Waals surface area contributed by atoms with Crippen molar-refractivity contribution in [3.8, 4) is 0 Å². The number of para-hydroxylation sites is 1. The number of anilines is 1. The average Bonchev–Trinajstić information content (AvgIpc) is 2.88. The maximum atomic E-state index is 8.00. The first kappa shape index (κ1) is 46.3. The van der Waals surface area contributed by atoms with Crippen molar-refractivity contribution in [3.63, 3.8) is 0 Å². The summed E-state index contributed by atoms with van der Waals surface area (Å²) < 4.78 is 112. The molecular formula is C14H24F14N2. The predicted octanol–water partition coefficient (Wildman–Crippen LogP) is 9.07. The molecule has 0 radical (unpaired) electrons. The van der Waals surface area contributed by atoms with Crippen molar-refractivity contribution in [3.05, 3.63) is 29.8 Å². The van der Waals surface area contributed by atoms with E-state index in [4.69, 9.17) is 64.0 Å². The lowest BCUT2D eigenvalue weighted by molar-refractivity contribution is 0.108. The summed E-state index contributed by atoms with van der Waals surface area (Å²) in [7, 11) is 0. The fourth-order valence-corrected chi connectivity index (χ4v) is 1.67. The van der Waals surface area contributed by atoms with Crippen LogP contribution in [0.4, 0.5) is 69.7 Å². The van der Waals surface area contributed by atoms with Gasteiger partial charge in [-0.05, 0) is 50.9 Å². The quantitative estimate of drug-likeness (QED) is 0.283. The fraction of sp³-hybridized carbons (Fsp3) is 0.571. The second-order valence-corrected chi connectivity index (χ2v) is 4.20. The molecule has 0 heterocycles. The zero-order chi connectivity index (χ0) is 25.6. The Hall–Kier alpha value is -2.00. The summed E-state index contributed by atoms with van der Waals surface area (Å²) in [4.78, 5) is 0. The molecule has 0 unspecified atom stereocenters. The van der Waals surface area contributed by atoms with Crippen molar-refractivity contribution in [2.45, 2.75) is 33.1 Å². The summed E-state index contributed by atoms with van der Waals surface area (Å²) in [5.41, 5.74) is 2.59. The summed E-state index contributed by atoms with van der Waals surface area (Å²) >= 11 is 0. The predicted molar refractivity (Wildman–Crippen MR) is 87.6 cm³/mol. The van der Waals surface area contributed by atoms with Crippen LogP contribution in [-0.2, 0) is 0 Å². The van der Waals surface area contributed by atoms with Crippen LogP contribution < -0.4 is 10.6 Å². The first-order valence-corrected chi connectivity index (χ1v) is 7.35. The molecule has 0 saturated carbocycles. The summed E-state index contributed by atoms with van der Waals surface area (Å²) in [6.07, 6.45) is 3.70. The van der Waals surface area contributed by atoms with E-state index in [1.807, 2.05) is 0 Å². The highest BCUT2D eigenvalue weighted by molar-refractivity contribution is 5.49. The number of hydrogen-bond donors (Lipinski definition) is 2. The zero-order valence-corrected chi connectivity index (χ0v) is 15.8. The van der Waals surface area contributed by atoms with Gasteiger partial charge in [0.2, 0.25) is 0 Å². The van der Waals surface area contributed by atoms with Gasteiger partial charge in [0.15, 0.2) is 0 Å². The normalized spacial score (nSPS) is 6.93. The van der Waals surface area contributed by atoms with Crippen LogP contribution in [0.1, 0.15) is 31.7 Å². The van der Waals surface area contributed by atoms with Crippen molar-refractivity contribution in [1.29, 1.82) is 0 Å². The topological polar surface area (TPSA) is 24.1 Å². The summed E-state index contributed by atoms with van der Waals surface area (Å²) in [5.74, 6) is 0. The number of halogens is 14. The van der Waals surface area contributed by atoms with Gasteiger partial charge in [-0.25, -0.2) is 0 Å². The molecule has 2 N–H and O–H groups in total. The number of rotatable bonds is 8. The van der Waals surface area contributed by atoms with Gasteiger partial charge >= 0.3 is 0 Å². The van der Waals surface area contributed by atoms with E-state index in [-0.39, 0.29) is 0 Å². The second kappa shape index (κ2) is 71.3. The number of hydrogen-bond acceptors (Lipinski definition) is 2. The molecule has 0 aliphatic heterocycles. The highest BCUT2D eigenvalue weighted by Crippen LogP contribution is 2.12. The molecule has 1 aromatic rings. The SMILES string of the molecule is CCCNCCCCNc1ccccc1C.FF.FF.FF.FF.FF.FF.FF. The van der Waals surface area contributed by atoms with Gasteiger partial charge in [-0.2, -0.15) is 0 Å². The van der Waals surface area contributed by atoms with Crippen LogP contribution in [0, 0.1) is 6.92 Å². The van der Waals surface area contributed by atoms with Gasteiger partial charge in [0.1, 0.15) is 0 Å². The van der Waals surface area contributed by atoms with E-state index < -0.39 is 0 Å². The van der Waals surface area contributed by atoms with Crippen LogP contribution in [0.15, 0.2) is 24.3 Å². The van der Waals surface area contributed by atoms with Gasteiger partial charge in [0, 0.05) is 76.3 Å². The van der Waals surface area contributed by atoms with Crippen LogP contribution >= 0.6 is 0 Å². The lowest BCUT2D eigenvalue weighted by atomic mass is 10.2. The highest BCUT2D eigenvalue weighted by atomic mass is 20.0. The number of benzene rings is 1. The Morgan fingerprint density at radius 1 is 0.600 bits per heavy atom. The molecule has 0 saturated heterocycles. The molecule has 0 bridgehead atoms. The molecule has 0 aromatic heterocycles. The standard InChI is InChI=1S/C14H24N2.7F2/c1-3-10-15-11-6-7-12-16-14-9-5-4-8-13(14)2;7*1-2/h4-5,8-9,15-16H,3,6-7,10-12H2,1-2H3;;;;;;;. The lowest BCUT2D eigenvalue weighted by Crippen LogP contribution is -2.16. The van der Waals surface area contributed by atoms with E-state index >= 15 is 0 Å². The zero-order valence-electron chi connectivity index (χ0n) is 15.8. The minimum absolute atomic E-state index is 1.07. The molecular weight excluding hydrogens is 462 g/mol. The molecule has 1 aromatic carbocycles. The number of aryl methyl sites for hydroxylation is 1. The van der Waals surface area contributed by atoms with E-state index in [1.54, 1.807) is 0 Å². The third kappa shape index (κ3) is 50.2. The summed E-state index contributed by atoms with van der Waals surface area (Å²) in [6.45, 7) is 7.70. The number of nitrogens with one attached hydrogen (secondary N) is 2. The maximum absolute atomic E-state index is 8.00. The van der Waals surface area contributed by atoms with Crippen LogP contribution in [0.25, 0.3) is 0 Å². The Bertz CT molecular complexity index is 314. The van der Waals surface area contributed by atoms with Gasteiger partial charge in [-0.3, -0.25) is 0 Å². The van der Waals surface area contributed by atoms with Crippen molar-refractivity contribution < 1.29 is 64.0 Å². The molecule has 0 atom stereocenters. The van der Waals surface area contributed by atoms with Crippen molar-refractivity contribution >= 4 is 5.69 Å². The molecule has 2 nitrogen and oxygen atoms in total. The molecule has 1 rings (SSSR count). The van der Waals surface area contributed by atoms with E-state index in [9.17, 15) is 0 Å². The molecule has 0 fully saturated rings. The van der Waals surface area contributed by atoms with E-state index in [1.165, 1.54) is 30.5 Å². The smallest absolute Gasteiger partial charge is 0.0369 e. The Kier molecular flexibility index (Phi) is 110.